The predicted molar refractivity (Wildman–Crippen MR) is 68.6 cm³/mol. The van der Waals surface area contributed by atoms with E-state index in [0.717, 1.165) is 13.0 Å². The highest BCUT2D eigenvalue weighted by molar-refractivity contribution is 5.18. The molecular weight excluding hydrogens is 198 g/mol. The first-order chi connectivity index (χ1) is 7.35. The molecule has 0 aliphatic rings. The van der Waals surface area contributed by atoms with Gasteiger partial charge in [-0.05, 0) is 41.0 Å². The fraction of sp³-hybridized carbons (Fsp3) is 0.769. The Morgan fingerprint density at radius 1 is 1.38 bits per heavy atom. The molecule has 1 N–H and O–H groups in total. The van der Waals surface area contributed by atoms with E-state index >= 15 is 0 Å². The lowest BCUT2D eigenvalue weighted by atomic mass is 10.1. The van der Waals surface area contributed by atoms with E-state index in [9.17, 15) is 0 Å². The third kappa shape index (κ3) is 3.34. The van der Waals surface area contributed by atoms with Crippen LogP contribution in [0.15, 0.2) is 6.20 Å². The highest BCUT2D eigenvalue weighted by atomic mass is 15.3. The summed E-state index contributed by atoms with van der Waals surface area (Å²) in [5.74, 6) is 0. The minimum atomic E-state index is 0.158. The Morgan fingerprint density at radius 3 is 2.44 bits per heavy atom. The molecular formula is C13H25N3. The normalized spacial score (nSPS) is 12.4. The maximum Gasteiger partial charge on any atom is 0.0537 e. The van der Waals surface area contributed by atoms with Crippen molar-refractivity contribution >= 4 is 0 Å². The number of nitrogens with one attached hydrogen (secondary N) is 1. The Bertz CT molecular complexity index is 331. The molecule has 3 nitrogen and oxygen atoms in total. The van der Waals surface area contributed by atoms with Crippen LogP contribution in [0.4, 0.5) is 0 Å². The second-order valence-corrected chi connectivity index (χ2v) is 5.61. The Labute approximate surface area is 99.2 Å². The maximum atomic E-state index is 4.46. The van der Waals surface area contributed by atoms with Gasteiger partial charge in [-0.15, -0.1) is 0 Å². The van der Waals surface area contributed by atoms with Gasteiger partial charge in [0.25, 0.3) is 0 Å². The van der Waals surface area contributed by atoms with Gasteiger partial charge >= 0.3 is 0 Å². The van der Waals surface area contributed by atoms with Gasteiger partial charge in [-0.3, -0.25) is 4.68 Å². The summed E-state index contributed by atoms with van der Waals surface area (Å²) in [7, 11) is 0. The largest absolute Gasteiger partial charge is 0.308 e. The van der Waals surface area contributed by atoms with Crippen LogP contribution in [0.3, 0.4) is 0 Å². The van der Waals surface area contributed by atoms with Crippen LogP contribution < -0.4 is 5.32 Å². The number of hydrogen-bond acceptors (Lipinski definition) is 2. The minimum absolute atomic E-state index is 0.158. The summed E-state index contributed by atoms with van der Waals surface area (Å²) in [6.45, 7) is 14.0. The predicted octanol–water partition coefficient (Wildman–Crippen LogP) is 2.91. The topological polar surface area (TPSA) is 29.9 Å². The van der Waals surface area contributed by atoms with Gasteiger partial charge in [-0.1, -0.05) is 6.92 Å². The second-order valence-electron chi connectivity index (χ2n) is 5.61. The van der Waals surface area contributed by atoms with E-state index in [1.165, 1.54) is 11.3 Å². The van der Waals surface area contributed by atoms with Gasteiger partial charge in [0, 0.05) is 29.4 Å². The molecule has 0 saturated heterocycles. The first-order valence-electron chi connectivity index (χ1n) is 6.15. The first kappa shape index (κ1) is 13.2. The van der Waals surface area contributed by atoms with E-state index in [0.29, 0.717) is 6.04 Å². The van der Waals surface area contributed by atoms with Crippen molar-refractivity contribution in [2.45, 2.75) is 66.1 Å². The molecule has 0 aromatic carbocycles. The van der Waals surface area contributed by atoms with Crippen molar-refractivity contribution in [3.05, 3.63) is 17.5 Å². The van der Waals surface area contributed by atoms with Crippen molar-refractivity contribution < 1.29 is 0 Å². The van der Waals surface area contributed by atoms with Crippen molar-refractivity contribution in [1.29, 1.82) is 0 Å². The third-order valence-electron chi connectivity index (χ3n) is 2.62. The summed E-state index contributed by atoms with van der Waals surface area (Å²) >= 11 is 0. The van der Waals surface area contributed by atoms with E-state index in [-0.39, 0.29) is 5.54 Å². The van der Waals surface area contributed by atoms with Gasteiger partial charge in [0.1, 0.15) is 0 Å². The van der Waals surface area contributed by atoms with Crippen LogP contribution >= 0.6 is 0 Å². The first-order valence-corrected chi connectivity index (χ1v) is 6.15. The molecule has 0 bridgehead atoms. The van der Waals surface area contributed by atoms with Gasteiger partial charge in [0.05, 0.1) is 6.20 Å². The third-order valence-corrected chi connectivity index (χ3v) is 2.62. The van der Waals surface area contributed by atoms with E-state index < -0.39 is 0 Å². The standard InChI is InChI=1S/C13H25N3/c1-7-12-11(8-14-13(4,5)6)9-15-16(12)10(2)3/h9-10,14H,7-8H2,1-6H3. The summed E-state index contributed by atoms with van der Waals surface area (Å²) in [6, 6.07) is 0.443. The van der Waals surface area contributed by atoms with E-state index in [1.807, 2.05) is 6.20 Å². The smallest absolute Gasteiger partial charge is 0.0537 e. The quantitative estimate of drug-likeness (QED) is 0.850. The second kappa shape index (κ2) is 5.00. The van der Waals surface area contributed by atoms with Crippen molar-refractivity contribution in [3.63, 3.8) is 0 Å². The Balaban J connectivity index is 2.81. The monoisotopic (exact) mass is 223 g/mol. The fourth-order valence-electron chi connectivity index (χ4n) is 1.77. The Hall–Kier alpha value is -0.830. The lowest BCUT2D eigenvalue weighted by Crippen LogP contribution is -2.35. The molecule has 1 aromatic heterocycles. The molecule has 1 heterocycles. The molecule has 0 atom stereocenters. The summed E-state index contributed by atoms with van der Waals surface area (Å²) in [6.07, 6.45) is 3.04. The Kier molecular flexibility index (Phi) is 4.14. The SMILES string of the molecule is CCc1c(CNC(C)(C)C)cnn1C(C)C. The summed E-state index contributed by atoms with van der Waals surface area (Å²) < 4.78 is 2.12. The molecule has 1 aromatic rings. The average Bonchev–Trinajstić information content (AvgIpc) is 2.56. The van der Waals surface area contributed by atoms with E-state index in [1.54, 1.807) is 0 Å². The van der Waals surface area contributed by atoms with Gasteiger partial charge in [0.15, 0.2) is 0 Å². The highest BCUT2D eigenvalue weighted by Crippen LogP contribution is 2.15. The molecule has 0 fully saturated rings. The highest BCUT2D eigenvalue weighted by Gasteiger charge is 2.14. The number of hydrogen-bond donors (Lipinski definition) is 1. The number of nitrogens with zero attached hydrogens (tertiary/aromatic N) is 2. The van der Waals surface area contributed by atoms with Crippen LogP contribution in [0.5, 0.6) is 0 Å². The summed E-state index contributed by atoms with van der Waals surface area (Å²) in [4.78, 5) is 0. The van der Waals surface area contributed by atoms with Crippen LogP contribution in [0.1, 0.15) is 58.8 Å². The number of aromatic nitrogens is 2. The van der Waals surface area contributed by atoms with Gasteiger partial charge in [-0.2, -0.15) is 5.10 Å². The minimum Gasteiger partial charge on any atom is -0.308 e. The van der Waals surface area contributed by atoms with Crippen LogP contribution in [0.25, 0.3) is 0 Å². The van der Waals surface area contributed by atoms with Crippen molar-refractivity contribution in [2.75, 3.05) is 0 Å². The van der Waals surface area contributed by atoms with Crippen LogP contribution in [-0.2, 0) is 13.0 Å². The molecule has 1 rings (SSSR count). The van der Waals surface area contributed by atoms with Crippen molar-refractivity contribution in [3.8, 4) is 0 Å². The zero-order chi connectivity index (χ0) is 12.3. The van der Waals surface area contributed by atoms with Crippen molar-refractivity contribution in [2.24, 2.45) is 0 Å². The molecule has 92 valence electrons. The molecule has 0 spiro atoms. The molecule has 16 heavy (non-hydrogen) atoms. The van der Waals surface area contributed by atoms with Crippen LogP contribution in [0.2, 0.25) is 0 Å². The van der Waals surface area contributed by atoms with Gasteiger partial charge in [-0.25, -0.2) is 0 Å². The molecule has 3 heteroatoms. The van der Waals surface area contributed by atoms with E-state index in [4.69, 9.17) is 0 Å². The lowest BCUT2D eigenvalue weighted by molar-refractivity contribution is 0.422. The maximum absolute atomic E-state index is 4.46. The lowest BCUT2D eigenvalue weighted by Gasteiger charge is -2.20. The molecule has 0 unspecified atom stereocenters. The summed E-state index contributed by atoms with van der Waals surface area (Å²) in [5, 5.41) is 7.98. The molecule has 0 aliphatic carbocycles. The van der Waals surface area contributed by atoms with Gasteiger partial charge < -0.3 is 5.32 Å². The fourth-order valence-corrected chi connectivity index (χ4v) is 1.77. The zero-order valence-corrected chi connectivity index (χ0v) is 11.5. The van der Waals surface area contributed by atoms with Gasteiger partial charge in [0.2, 0.25) is 0 Å². The summed E-state index contributed by atoms with van der Waals surface area (Å²) in [5.41, 5.74) is 2.84. The molecule has 0 radical (unpaired) electrons. The van der Waals surface area contributed by atoms with Crippen LogP contribution in [-0.4, -0.2) is 15.3 Å². The zero-order valence-electron chi connectivity index (χ0n) is 11.5. The van der Waals surface area contributed by atoms with Crippen molar-refractivity contribution in [1.82, 2.24) is 15.1 Å². The molecule has 0 saturated carbocycles. The number of rotatable bonds is 4. The molecule has 0 amide bonds. The molecule has 0 aliphatic heterocycles. The average molecular weight is 223 g/mol. The van der Waals surface area contributed by atoms with Crippen LogP contribution in [0, 0.1) is 0 Å². The van der Waals surface area contributed by atoms with E-state index in [2.05, 4.69) is 56.6 Å². The Morgan fingerprint density at radius 2 is 2.00 bits per heavy atom.